The Morgan fingerprint density at radius 2 is 1.62 bits per heavy atom. The zero-order chi connectivity index (χ0) is 47.3. The van der Waals surface area contributed by atoms with Crippen molar-refractivity contribution in [2.45, 2.75) is 115 Å². The standard InChI is InChI=1S/C52H64N8O8/c1-29(2)43(57-50(63)65-4)49(62)60-40-9-6-8-35(40)24-41(60)47-54-38-17-15-34-23-33(14-16-37(34)45(38)56-47)31-10-12-32(13-11-31)39-26-53-46(55-39)42-25-52(19-7-20-67-28-52)27-59(42)48(61)44(58-51(64)66-5)36-18-21-68-30(3)22-36/h10-17,23,26,29-30,35-36,40-44H,6-9,18-22,24-25,27-28H2,1-5H3,(H,53,55)(H,54,56)(H,57,63)(H,58,64)/t30-,35+,36?,40+,41+,42+,43+,44+,52+/m1/s1. The molecule has 1 spiro atoms. The summed E-state index contributed by atoms with van der Waals surface area (Å²) in [6, 6.07) is 17.1. The van der Waals surface area contributed by atoms with E-state index in [-0.39, 0.29) is 53.3 Å². The molecule has 68 heavy (non-hydrogen) atoms. The second kappa shape index (κ2) is 18.8. The lowest BCUT2D eigenvalue weighted by Gasteiger charge is -2.37. The molecule has 9 atom stereocenters. The molecular formula is C52H64N8O8. The van der Waals surface area contributed by atoms with Crippen molar-refractivity contribution in [1.29, 1.82) is 0 Å². The molecule has 4 amide bonds. The predicted octanol–water partition coefficient (Wildman–Crippen LogP) is 8.21. The number of hydrogen-bond acceptors (Lipinski definition) is 10. The summed E-state index contributed by atoms with van der Waals surface area (Å²) in [5, 5.41) is 7.78. The van der Waals surface area contributed by atoms with Crippen LogP contribution in [0.5, 0.6) is 0 Å². The molecule has 16 heteroatoms. The van der Waals surface area contributed by atoms with Gasteiger partial charge in [0.05, 0.1) is 61.9 Å². The Balaban J connectivity index is 0.884. The van der Waals surface area contributed by atoms with Gasteiger partial charge in [0.15, 0.2) is 0 Å². The summed E-state index contributed by atoms with van der Waals surface area (Å²) in [6.07, 6.45) is 8.44. The molecule has 1 saturated carbocycles. The summed E-state index contributed by atoms with van der Waals surface area (Å²) < 4.78 is 21.7. The van der Waals surface area contributed by atoms with Crippen molar-refractivity contribution in [1.82, 2.24) is 40.4 Å². The number of nitrogens with zero attached hydrogens (tertiary/aromatic N) is 4. The number of methoxy groups -OCH3 is 2. The molecule has 4 saturated heterocycles. The largest absolute Gasteiger partial charge is 0.453 e. The molecule has 5 aromatic rings. The smallest absolute Gasteiger partial charge is 0.407 e. The van der Waals surface area contributed by atoms with Crippen LogP contribution < -0.4 is 10.6 Å². The van der Waals surface area contributed by atoms with Crippen molar-refractivity contribution in [2.75, 3.05) is 40.6 Å². The first-order chi connectivity index (χ1) is 32.9. The second-order valence-corrected chi connectivity index (χ2v) is 20.3. The summed E-state index contributed by atoms with van der Waals surface area (Å²) in [5.41, 5.74) is 5.53. The molecule has 0 bridgehead atoms. The number of fused-ring (bicyclic) bond motifs is 4. The van der Waals surface area contributed by atoms with Gasteiger partial charge in [-0.15, -0.1) is 0 Å². The number of likely N-dealkylation sites (tertiary alicyclic amines) is 2. The van der Waals surface area contributed by atoms with Gasteiger partial charge in [-0.1, -0.05) is 62.7 Å². The van der Waals surface area contributed by atoms with Gasteiger partial charge in [0.2, 0.25) is 11.8 Å². The van der Waals surface area contributed by atoms with E-state index in [2.05, 4.69) is 75.2 Å². The van der Waals surface area contributed by atoms with E-state index in [1.165, 1.54) is 14.2 Å². The lowest BCUT2D eigenvalue weighted by atomic mass is 9.80. The van der Waals surface area contributed by atoms with E-state index in [9.17, 15) is 19.2 Å². The third kappa shape index (κ3) is 8.69. The minimum atomic E-state index is -0.752. The highest BCUT2D eigenvalue weighted by molar-refractivity contribution is 6.05. The van der Waals surface area contributed by atoms with E-state index >= 15 is 0 Å². The maximum atomic E-state index is 14.7. The van der Waals surface area contributed by atoms with Gasteiger partial charge in [0, 0.05) is 36.6 Å². The fourth-order valence-electron chi connectivity index (χ4n) is 12.2. The first-order valence-corrected chi connectivity index (χ1v) is 24.5. The van der Waals surface area contributed by atoms with Crippen molar-refractivity contribution in [3.8, 4) is 22.4 Å². The topological polar surface area (TPSA) is 193 Å². The number of hydrogen-bond donors (Lipinski definition) is 4. The molecule has 6 heterocycles. The van der Waals surface area contributed by atoms with Crippen LogP contribution >= 0.6 is 0 Å². The minimum Gasteiger partial charge on any atom is -0.453 e. The Bertz CT molecular complexity index is 2670. The number of carbonyl (C=O) groups excluding carboxylic acids is 4. The molecule has 16 nitrogen and oxygen atoms in total. The highest BCUT2D eigenvalue weighted by Crippen LogP contribution is 2.49. The highest BCUT2D eigenvalue weighted by atomic mass is 16.5. The fourth-order valence-corrected chi connectivity index (χ4v) is 12.2. The normalized spacial score (nSPS) is 26.9. The molecule has 5 fully saturated rings. The van der Waals surface area contributed by atoms with E-state index in [1.807, 2.05) is 36.8 Å². The lowest BCUT2D eigenvalue weighted by Crippen LogP contribution is -2.54. The van der Waals surface area contributed by atoms with Crippen LogP contribution in [-0.2, 0) is 28.5 Å². The van der Waals surface area contributed by atoms with Crippen molar-refractivity contribution in [2.24, 2.45) is 23.2 Å². The van der Waals surface area contributed by atoms with Crippen LogP contribution in [0.15, 0.2) is 60.8 Å². The van der Waals surface area contributed by atoms with Crippen LogP contribution in [0.3, 0.4) is 0 Å². The molecule has 3 aromatic carbocycles. The number of aromatic nitrogens is 4. The average molecular weight is 929 g/mol. The van der Waals surface area contributed by atoms with Gasteiger partial charge in [-0.05, 0) is 110 Å². The van der Waals surface area contributed by atoms with E-state index in [4.69, 9.17) is 28.9 Å². The zero-order valence-electron chi connectivity index (χ0n) is 39.7. The van der Waals surface area contributed by atoms with Crippen LogP contribution in [-0.4, -0.2) is 119 Å². The number of imidazole rings is 2. The van der Waals surface area contributed by atoms with Gasteiger partial charge in [-0.2, -0.15) is 0 Å². The summed E-state index contributed by atoms with van der Waals surface area (Å²) in [5.74, 6) is 1.45. The molecule has 5 aliphatic rings. The fraction of sp³-hybridized carbons (Fsp3) is 0.538. The van der Waals surface area contributed by atoms with Crippen molar-refractivity contribution in [3.05, 3.63) is 72.4 Å². The number of H-pyrrole nitrogens is 2. The number of amides is 4. The second-order valence-electron chi connectivity index (χ2n) is 20.3. The number of ether oxygens (including phenoxy) is 4. The van der Waals surface area contributed by atoms with Crippen molar-refractivity contribution >= 4 is 45.8 Å². The Hall–Kier alpha value is -6.00. The van der Waals surface area contributed by atoms with Gasteiger partial charge >= 0.3 is 12.2 Å². The summed E-state index contributed by atoms with van der Waals surface area (Å²) >= 11 is 0. The molecule has 1 aliphatic carbocycles. The third-order valence-corrected chi connectivity index (χ3v) is 15.6. The first-order valence-electron chi connectivity index (χ1n) is 24.5. The maximum absolute atomic E-state index is 14.7. The number of nitrogens with one attached hydrogen (secondary N) is 4. The van der Waals surface area contributed by atoms with E-state index < -0.39 is 24.3 Å². The molecule has 4 N–H and O–H groups in total. The maximum Gasteiger partial charge on any atom is 0.407 e. The molecule has 2 aromatic heterocycles. The summed E-state index contributed by atoms with van der Waals surface area (Å²) in [7, 11) is 2.64. The Kier molecular flexibility index (Phi) is 12.7. The van der Waals surface area contributed by atoms with Gasteiger partial charge in [0.1, 0.15) is 23.7 Å². The molecule has 360 valence electrons. The van der Waals surface area contributed by atoms with Gasteiger partial charge < -0.3 is 49.3 Å². The van der Waals surface area contributed by atoms with Crippen LogP contribution in [0.25, 0.3) is 44.2 Å². The molecule has 10 rings (SSSR count). The number of rotatable bonds is 10. The Morgan fingerprint density at radius 1 is 0.838 bits per heavy atom. The summed E-state index contributed by atoms with van der Waals surface area (Å²) in [6.45, 7) is 8.23. The van der Waals surface area contributed by atoms with E-state index in [0.717, 1.165) is 88.5 Å². The lowest BCUT2D eigenvalue weighted by molar-refractivity contribution is -0.138. The van der Waals surface area contributed by atoms with Crippen LogP contribution in [0.1, 0.15) is 102 Å². The third-order valence-electron chi connectivity index (χ3n) is 15.6. The van der Waals surface area contributed by atoms with Crippen molar-refractivity contribution < 1.29 is 38.1 Å². The number of carbonyl (C=O) groups is 4. The Morgan fingerprint density at radius 3 is 2.37 bits per heavy atom. The molecule has 0 radical (unpaired) electrons. The number of aromatic amines is 2. The Labute approximate surface area is 396 Å². The van der Waals surface area contributed by atoms with E-state index in [0.29, 0.717) is 57.4 Å². The average Bonchev–Trinajstić information content (AvgIpc) is 4.21. The number of alkyl carbamates (subject to hydrolysis) is 2. The number of benzene rings is 3. The van der Waals surface area contributed by atoms with Gasteiger partial charge in [-0.3, -0.25) is 9.59 Å². The highest BCUT2D eigenvalue weighted by Gasteiger charge is 2.52. The van der Waals surface area contributed by atoms with Crippen molar-refractivity contribution in [3.63, 3.8) is 0 Å². The molecular weight excluding hydrogens is 865 g/mol. The van der Waals surface area contributed by atoms with Crippen LogP contribution in [0.2, 0.25) is 0 Å². The van der Waals surface area contributed by atoms with Crippen LogP contribution in [0, 0.1) is 23.2 Å². The minimum absolute atomic E-state index is 0.0176. The molecule has 1 unspecified atom stereocenters. The zero-order valence-corrected chi connectivity index (χ0v) is 39.7. The predicted molar refractivity (Wildman–Crippen MR) is 255 cm³/mol. The summed E-state index contributed by atoms with van der Waals surface area (Å²) in [4.78, 5) is 75.2. The SMILES string of the molecule is COC(=O)N[C@H](C(=O)N1[C@H](c2nc3c(ccc4cc(-c5ccc(-c6cnc([C@@H]7C[C@@]8(CCCOC8)CN7C(=O)[C@@H](NC(=O)OC)C7CCO[C@H](C)C7)[nH]6)cc5)ccc43)[nH]2)C[C@@H]2CCC[C@@H]21)C(C)C. The quantitative estimate of drug-likeness (QED) is 0.106. The molecule has 4 aliphatic heterocycles. The van der Waals surface area contributed by atoms with Crippen LogP contribution in [0.4, 0.5) is 9.59 Å². The first kappa shape index (κ1) is 45.8. The van der Waals surface area contributed by atoms with E-state index in [1.54, 1.807) is 0 Å². The van der Waals surface area contributed by atoms with Gasteiger partial charge in [-0.25, -0.2) is 19.6 Å². The monoisotopic (exact) mass is 928 g/mol. The van der Waals surface area contributed by atoms with Gasteiger partial charge in [0.25, 0.3) is 0 Å².